The van der Waals surface area contributed by atoms with E-state index in [9.17, 15) is 9.18 Å². The first-order valence-electron chi connectivity index (χ1n) is 7.13. The van der Waals surface area contributed by atoms with E-state index in [0.29, 0.717) is 30.8 Å². The minimum absolute atomic E-state index is 0.0111. The van der Waals surface area contributed by atoms with Crippen molar-refractivity contribution in [3.8, 4) is 0 Å². The number of benzene rings is 1. The lowest BCUT2D eigenvalue weighted by atomic mass is 10.0. The molecule has 0 spiro atoms. The number of amides is 1. The SMILES string of the molecule is CC1CCC(CNc2cc3c(cc2F)CCC(=O)N3)O1. The van der Waals surface area contributed by atoms with Gasteiger partial charge in [0.1, 0.15) is 5.82 Å². The Morgan fingerprint density at radius 3 is 3.00 bits per heavy atom. The molecular weight excluding hydrogens is 259 g/mol. The average molecular weight is 278 g/mol. The fourth-order valence-electron chi connectivity index (χ4n) is 2.79. The molecule has 4 nitrogen and oxygen atoms in total. The maximum atomic E-state index is 14.0. The number of anilines is 2. The predicted octanol–water partition coefficient (Wildman–Crippen LogP) is 2.69. The van der Waals surface area contributed by atoms with Crippen LogP contribution in [0.5, 0.6) is 0 Å². The summed E-state index contributed by atoms with van der Waals surface area (Å²) in [5.74, 6) is -0.283. The van der Waals surface area contributed by atoms with Gasteiger partial charge in [0.2, 0.25) is 5.91 Å². The van der Waals surface area contributed by atoms with Crippen LogP contribution in [0.4, 0.5) is 15.8 Å². The second-order valence-electron chi connectivity index (χ2n) is 5.56. The fraction of sp³-hybridized carbons (Fsp3) is 0.533. The molecule has 0 saturated carbocycles. The van der Waals surface area contributed by atoms with Crippen molar-refractivity contribution in [3.05, 3.63) is 23.5 Å². The van der Waals surface area contributed by atoms with E-state index in [1.807, 2.05) is 0 Å². The Kier molecular flexibility index (Phi) is 3.61. The van der Waals surface area contributed by atoms with Crippen LogP contribution in [0.25, 0.3) is 0 Å². The summed E-state index contributed by atoms with van der Waals surface area (Å²) in [5.41, 5.74) is 2.00. The molecule has 2 aliphatic rings. The van der Waals surface area contributed by atoms with Gasteiger partial charge < -0.3 is 15.4 Å². The number of hydrogen-bond acceptors (Lipinski definition) is 3. The number of carbonyl (C=O) groups excluding carboxylic acids is 1. The molecule has 2 N–H and O–H groups in total. The molecule has 3 rings (SSSR count). The van der Waals surface area contributed by atoms with E-state index >= 15 is 0 Å². The average Bonchev–Trinajstić information content (AvgIpc) is 2.83. The molecule has 2 atom stereocenters. The number of aryl methyl sites for hydroxylation is 1. The van der Waals surface area contributed by atoms with Crippen LogP contribution in [0.3, 0.4) is 0 Å². The van der Waals surface area contributed by atoms with E-state index in [-0.39, 0.29) is 23.9 Å². The topological polar surface area (TPSA) is 50.4 Å². The van der Waals surface area contributed by atoms with Gasteiger partial charge in [-0.2, -0.15) is 0 Å². The van der Waals surface area contributed by atoms with Gasteiger partial charge in [-0.1, -0.05) is 0 Å². The van der Waals surface area contributed by atoms with Crippen LogP contribution in [0.15, 0.2) is 12.1 Å². The normalized spacial score (nSPS) is 25.2. The second-order valence-corrected chi connectivity index (χ2v) is 5.56. The van der Waals surface area contributed by atoms with Crippen LogP contribution < -0.4 is 10.6 Å². The largest absolute Gasteiger partial charge is 0.380 e. The Hall–Kier alpha value is -1.62. The Morgan fingerprint density at radius 2 is 2.25 bits per heavy atom. The first-order chi connectivity index (χ1) is 9.61. The van der Waals surface area contributed by atoms with Gasteiger partial charge in [-0.15, -0.1) is 0 Å². The molecule has 1 fully saturated rings. The van der Waals surface area contributed by atoms with E-state index in [4.69, 9.17) is 4.74 Å². The number of ether oxygens (including phenoxy) is 1. The van der Waals surface area contributed by atoms with Crippen molar-refractivity contribution >= 4 is 17.3 Å². The first kappa shape index (κ1) is 13.4. The summed E-state index contributed by atoms with van der Waals surface area (Å²) in [6.07, 6.45) is 3.49. The van der Waals surface area contributed by atoms with E-state index in [1.165, 1.54) is 6.07 Å². The van der Waals surface area contributed by atoms with Gasteiger partial charge in [0.15, 0.2) is 0 Å². The minimum atomic E-state index is -0.272. The number of rotatable bonds is 3. The zero-order chi connectivity index (χ0) is 14.1. The molecular formula is C15H19FN2O2. The predicted molar refractivity (Wildman–Crippen MR) is 75.4 cm³/mol. The summed E-state index contributed by atoms with van der Waals surface area (Å²) in [4.78, 5) is 11.4. The highest BCUT2D eigenvalue weighted by Gasteiger charge is 2.22. The second kappa shape index (κ2) is 5.40. The zero-order valence-electron chi connectivity index (χ0n) is 11.5. The van der Waals surface area contributed by atoms with Gasteiger partial charge in [-0.25, -0.2) is 4.39 Å². The van der Waals surface area contributed by atoms with Crippen molar-refractivity contribution in [1.29, 1.82) is 0 Å². The number of fused-ring (bicyclic) bond motifs is 1. The molecule has 1 aromatic carbocycles. The molecule has 2 unspecified atom stereocenters. The number of halogens is 1. The summed E-state index contributed by atoms with van der Waals surface area (Å²) in [7, 11) is 0. The lowest BCUT2D eigenvalue weighted by molar-refractivity contribution is -0.116. The van der Waals surface area contributed by atoms with Gasteiger partial charge in [0, 0.05) is 18.7 Å². The molecule has 1 saturated heterocycles. The van der Waals surface area contributed by atoms with Crippen LogP contribution in [-0.4, -0.2) is 24.7 Å². The molecule has 0 radical (unpaired) electrons. The van der Waals surface area contributed by atoms with Crippen molar-refractivity contribution in [2.24, 2.45) is 0 Å². The van der Waals surface area contributed by atoms with Crippen LogP contribution in [0.1, 0.15) is 31.7 Å². The van der Waals surface area contributed by atoms with Crippen LogP contribution in [0.2, 0.25) is 0 Å². The molecule has 5 heteroatoms. The van der Waals surface area contributed by atoms with Gasteiger partial charge in [-0.3, -0.25) is 4.79 Å². The third-order valence-corrected chi connectivity index (χ3v) is 3.93. The summed E-state index contributed by atoms with van der Waals surface area (Å²) < 4.78 is 19.7. The van der Waals surface area contributed by atoms with E-state index < -0.39 is 0 Å². The molecule has 108 valence electrons. The number of hydrogen-bond donors (Lipinski definition) is 2. The number of carbonyl (C=O) groups is 1. The van der Waals surface area contributed by atoms with Gasteiger partial charge >= 0.3 is 0 Å². The third kappa shape index (κ3) is 2.77. The van der Waals surface area contributed by atoms with Crippen molar-refractivity contribution in [1.82, 2.24) is 0 Å². The van der Waals surface area contributed by atoms with Gasteiger partial charge in [0.05, 0.1) is 17.9 Å². The van der Waals surface area contributed by atoms with Crippen LogP contribution in [0, 0.1) is 5.82 Å². The monoisotopic (exact) mass is 278 g/mol. The van der Waals surface area contributed by atoms with Crippen LogP contribution in [-0.2, 0) is 16.0 Å². The van der Waals surface area contributed by atoms with Crippen molar-refractivity contribution in [3.63, 3.8) is 0 Å². The molecule has 0 bridgehead atoms. The Morgan fingerprint density at radius 1 is 1.40 bits per heavy atom. The molecule has 2 aliphatic heterocycles. The minimum Gasteiger partial charge on any atom is -0.380 e. The Bertz CT molecular complexity index is 533. The standard InChI is InChI=1S/C15H19FN2O2/c1-9-2-4-11(20-9)8-17-14-7-13-10(6-12(14)16)3-5-15(19)18-13/h6-7,9,11,17H,2-5,8H2,1H3,(H,18,19). The highest BCUT2D eigenvalue weighted by molar-refractivity contribution is 5.94. The quantitative estimate of drug-likeness (QED) is 0.893. The van der Waals surface area contributed by atoms with Crippen molar-refractivity contribution in [2.75, 3.05) is 17.2 Å². The molecule has 1 aromatic rings. The fourth-order valence-corrected chi connectivity index (χ4v) is 2.79. The van der Waals surface area contributed by atoms with E-state index in [1.54, 1.807) is 6.07 Å². The molecule has 0 aromatic heterocycles. The molecule has 1 amide bonds. The smallest absolute Gasteiger partial charge is 0.224 e. The van der Waals surface area contributed by atoms with E-state index in [0.717, 1.165) is 18.4 Å². The van der Waals surface area contributed by atoms with Gasteiger partial charge in [-0.05, 0) is 43.9 Å². The summed E-state index contributed by atoms with van der Waals surface area (Å²) >= 11 is 0. The lowest BCUT2D eigenvalue weighted by Crippen LogP contribution is -2.22. The van der Waals surface area contributed by atoms with Crippen LogP contribution >= 0.6 is 0 Å². The summed E-state index contributed by atoms with van der Waals surface area (Å²) in [6.45, 7) is 2.64. The van der Waals surface area contributed by atoms with Gasteiger partial charge in [0.25, 0.3) is 0 Å². The highest BCUT2D eigenvalue weighted by atomic mass is 19.1. The molecule has 2 heterocycles. The molecule has 0 aliphatic carbocycles. The Labute approximate surface area is 117 Å². The maximum Gasteiger partial charge on any atom is 0.224 e. The first-order valence-corrected chi connectivity index (χ1v) is 7.13. The summed E-state index contributed by atoms with van der Waals surface area (Å²) in [6, 6.07) is 3.19. The number of nitrogens with one attached hydrogen (secondary N) is 2. The zero-order valence-corrected chi connectivity index (χ0v) is 11.5. The van der Waals surface area contributed by atoms with Crippen molar-refractivity contribution < 1.29 is 13.9 Å². The lowest BCUT2D eigenvalue weighted by Gasteiger charge is -2.19. The van der Waals surface area contributed by atoms with E-state index in [2.05, 4.69) is 17.6 Å². The summed E-state index contributed by atoms with van der Waals surface area (Å²) in [5, 5.41) is 5.87. The van der Waals surface area contributed by atoms with Crippen molar-refractivity contribution in [2.45, 2.75) is 44.8 Å². The third-order valence-electron chi connectivity index (χ3n) is 3.93. The Balaban J connectivity index is 1.70. The molecule has 20 heavy (non-hydrogen) atoms. The maximum absolute atomic E-state index is 14.0. The highest BCUT2D eigenvalue weighted by Crippen LogP contribution is 2.29.